The monoisotopic (exact) mass is 317 g/mol. The zero-order valence-corrected chi connectivity index (χ0v) is 14.3. The maximum Gasteiger partial charge on any atom is 0.317 e. The van der Waals surface area contributed by atoms with Gasteiger partial charge in [-0.25, -0.2) is 4.79 Å². The van der Waals surface area contributed by atoms with Crippen molar-refractivity contribution in [2.45, 2.75) is 39.2 Å². The number of carbonyl (C=O) groups is 2. The van der Waals surface area contributed by atoms with Crippen LogP contribution in [0.15, 0.2) is 24.3 Å². The Morgan fingerprint density at radius 3 is 2.78 bits per heavy atom. The van der Waals surface area contributed by atoms with Crippen LogP contribution in [0, 0.1) is 5.92 Å². The van der Waals surface area contributed by atoms with Crippen molar-refractivity contribution in [2.75, 3.05) is 20.1 Å². The minimum absolute atomic E-state index is 0.0202. The van der Waals surface area contributed by atoms with Crippen molar-refractivity contribution in [1.82, 2.24) is 15.5 Å². The van der Waals surface area contributed by atoms with Gasteiger partial charge in [0.2, 0.25) is 0 Å². The standard InChI is InChI=1S/C18H27N3O2/c1-13-8-10-21(14(2)11-13)18(23)20-9-7-15-5-4-6-16(12-15)17(22)19-3/h4-6,12-14H,7-11H2,1-3H3,(H,19,22)(H,20,23)/t13-,14-/m0/s1. The van der Waals surface area contributed by atoms with Crippen LogP contribution >= 0.6 is 0 Å². The number of urea groups is 1. The van der Waals surface area contributed by atoms with E-state index in [4.69, 9.17) is 0 Å². The van der Waals surface area contributed by atoms with Gasteiger partial charge >= 0.3 is 6.03 Å². The van der Waals surface area contributed by atoms with Crippen molar-refractivity contribution in [3.8, 4) is 0 Å². The van der Waals surface area contributed by atoms with E-state index in [-0.39, 0.29) is 11.9 Å². The van der Waals surface area contributed by atoms with E-state index in [2.05, 4.69) is 24.5 Å². The molecule has 126 valence electrons. The van der Waals surface area contributed by atoms with Gasteiger partial charge in [-0.15, -0.1) is 0 Å². The Kier molecular flexibility index (Phi) is 6.02. The van der Waals surface area contributed by atoms with Crippen LogP contribution < -0.4 is 10.6 Å². The molecule has 2 rings (SSSR count). The highest BCUT2D eigenvalue weighted by molar-refractivity contribution is 5.94. The summed E-state index contributed by atoms with van der Waals surface area (Å²) >= 11 is 0. The van der Waals surface area contributed by atoms with Crippen LogP contribution in [0.2, 0.25) is 0 Å². The fourth-order valence-corrected chi connectivity index (χ4v) is 3.14. The third-order valence-electron chi connectivity index (χ3n) is 4.51. The topological polar surface area (TPSA) is 61.4 Å². The molecule has 1 saturated heterocycles. The number of likely N-dealkylation sites (tertiary alicyclic amines) is 1. The number of amides is 3. The molecule has 0 aliphatic carbocycles. The van der Waals surface area contributed by atoms with Crippen LogP contribution in [-0.4, -0.2) is 43.0 Å². The van der Waals surface area contributed by atoms with Gasteiger partial charge in [0.25, 0.3) is 5.91 Å². The molecular formula is C18H27N3O2. The lowest BCUT2D eigenvalue weighted by Crippen LogP contribution is -2.49. The molecule has 0 saturated carbocycles. The highest BCUT2D eigenvalue weighted by Gasteiger charge is 2.26. The molecular weight excluding hydrogens is 290 g/mol. The van der Waals surface area contributed by atoms with Crippen molar-refractivity contribution in [2.24, 2.45) is 5.92 Å². The van der Waals surface area contributed by atoms with Crippen molar-refractivity contribution in [3.63, 3.8) is 0 Å². The summed E-state index contributed by atoms with van der Waals surface area (Å²) in [6, 6.07) is 7.83. The number of hydrogen-bond acceptors (Lipinski definition) is 2. The molecule has 5 heteroatoms. The van der Waals surface area contributed by atoms with Gasteiger partial charge < -0.3 is 15.5 Å². The molecule has 1 heterocycles. The number of benzene rings is 1. The Bertz CT molecular complexity index is 559. The highest BCUT2D eigenvalue weighted by Crippen LogP contribution is 2.21. The summed E-state index contributed by atoms with van der Waals surface area (Å²) in [5.41, 5.74) is 1.70. The SMILES string of the molecule is CNC(=O)c1cccc(CCNC(=O)N2CC[C@H](C)C[C@@H]2C)c1. The molecule has 1 aromatic rings. The molecule has 0 aromatic heterocycles. The first-order valence-corrected chi connectivity index (χ1v) is 8.36. The maximum atomic E-state index is 12.3. The summed E-state index contributed by atoms with van der Waals surface area (Å²) < 4.78 is 0. The summed E-state index contributed by atoms with van der Waals surface area (Å²) in [5.74, 6) is 0.605. The van der Waals surface area contributed by atoms with Crippen LogP contribution in [0.3, 0.4) is 0 Å². The summed E-state index contributed by atoms with van der Waals surface area (Å²) in [7, 11) is 1.62. The fourth-order valence-electron chi connectivity index (χ4n) is 3.14. The van der Waals surface area contributed by atoms with Crippen molar-refractivity contribution >= 4 is 11.9 Å². The molecule has 0 bridgehead atoms. The van der Waals surface area contributed by atoms with Gasteiger partial charge in [0.1, 0.15) is 0 Å². The van der Waals surface area contributed by atoms with Crippen LogP contribution in [0.5, 0.6) is 0 Å². The molecule has 1 fully saturated rings. The Balaban J connectivity index is 1.83. The number of piperidine rings is 1. The second-order valence-corrected chi connectivity index (χ2v) is 6.43. The molecule has 0 unspecified atom stereocenters. The van der Waals surface area contributed by atoms with E-state index in [1.165, 1.54) is 0 Å². The van der Waals surface area contributed by atoms with E-state index in [9.17, 15) is 9.59 Å². The smallest absolute Gasteiger partial charge is 0.317 e. The van der Waals surface area contributed by atoms with Crippen molar-refractivity contribution in [1.29, 1.82) is 0 Å². The molecule has 3 amide bonds. The average molecular weight is 317 g/mol. The number of carbonyl (C=O) groups excluding carboxylic acids is 2. The second-order valence-electron chi connectivity index (χ2n) is 6.43. The quantitative estimate of drug-likeness (QED) is 0.896. The molecule has 0 spiro atoms. The average Bonchev–Trinajstić information content (AvgIpc) is 2.54. The minimum atomic E-state index is -0.0906. The summed E-state index contributed by atoms with van der Waals surface area (Å²) in [4.78, 5) is 25.8. The summed E-state index contributed by atoms with van der Waals surface area (Å²) in [5, 5.41) is 5.61. The maximum absolute atomic E-state index is 12.3. The second kappa shape index (κ2) is 7.99. The van der Waals surface area contributed by atoms with Gasteiger partial charge in [0.15, 0.2) is 0 Å². The Hall–Kier alpha value is -2.04. The lowest BCUT2D eigenvalue weighted by Gasteiger charge is -2.36. The summed E-state index contributed by atoms with van der Waals surface area (Å²) in [6.07, 6.45) is 2.86. The van der Waals surface area contributed by atoms with Crippen LogP contribution in [-0.2, 0) is 6.42 Å². The molecule has 1 aromatic carbocycles. The van der Waals surface area contributed by atoms with E-state index in [1.807, 2.05) is 23.1 Å². The van der Waals surface area contributed by atoms with Gasteiger partial charge in [-0.2, -0.15) is 0 Å². The predicted molar refractivity (Wildman–Crippen MR) is 91.5 cm³/mol. The number of nitrogens with zero attached hydrogens (tertiary/aromatic N) is 1. The van der Waals surface area contributed by atoms with Gasteiger partial charge in [-0.3, -0.25) is 4.79 Å². The molecule has 1 aliphatic rings. The Morgan fingerprint density at radius 1 is 1.30 bits per heavy atom. The summed E-state index contributed by atoms with van der Waals surface area (Å²) in [6.45, 7) is 5.77. The first-order valence-electron chi connectivity index (χ1n) is 8.36. The van der Waals surface area contributed by atoms with E-state index < -0.39 is 0 Å². The normalized spacial score (nSPS) is 20.9. The van der Waals surface area contributed by atoms with E-state index in [0.717, 1.165) is 31.4 Å². The minimum Gasteiger partial charge on any atom is -0.355 e. The van der Waals surface area contributed by atoms with Gasteiger partial charge in [0.05, 0.1) is 0 Å². The van der Waals surface area contributed by atoms with Gasteiger partial charge in [-0.05, 0) is 49.8 Å². The lowest BCUT2D eigenvalue weighted by atomic mass is 9.94. The fraction of sp³-hybridized carbons (Fsp3) is 0.556. The van der Waals surface area contributed by atoms with E-state index >= 15 is 0 Å². The van der Waals surface area contributed by atoms with Crippen LogP contribution in [0.4, 0.5) is 4.79 Å². The van der Waals surface area contributed by atoms with Crippen LogP contribution in [0.25, 0.3) is 0 Å². The van der Waals surface area contributed by atoms with Crippen molar-refractivity contribution in [3.05, 3.63) is 35.4 Å². The van der Waals surface area contributed by atoms with Gasteiger partial charge in [0, 0.05) is 31.7 Å². The Morgan fingerprint density at radius 2 is 2.09 bits per heavy atom. The number of nitrogens with one attached hydrogen (secondary N) is 2. The first kappa shape index (κ1) is 17.3. The molecule has 23 heavy (non-hydrogen) atoms. The third-order valence-corrected chi connectivity index (χ3v) is 4.51. The Labute approximate surface area is 138 Å². The zero-order chi connectivity index (χ0) is 16.8. The van der Waals surface area contributed by atoms with E-state index in [1.54, 1.807) is 13.1 Å². The van der Waals surface area contributed by atoms with E-state index in [0.29, 0.717) is 24.1 Å². The van der Waals surface area contributed by atoms with Crippen LogP contribution in [0.1, 0.15) is 42.6 Å². The molecule has 5 nitrogen and oxygen atoms in total. The number of hydrogen-bond donors (Lipinski definition) is 2. The number of rotatable bonds is 4. The first-order chi connectivity index (χ1) is 11.0. The third kappa shape index (κ3) is 4.71. The van der Waals surface area contributed by atoms with Crippen molar-refractivity contribution < 1.29 is 9.59 Å². The lowest BCUT2D eigenvalue weighted by molar-refractivity contribution is 0.0963. The molecule has 2 atom stereocenters. The highest BCUT2D eigenvalue weighted by atomic mass is 16.2. The predicted octanol–water partition coefficient (Wildman–Crippen LogP) is 2.42. The zero-order valence-electron chi connectivity index (χ0n) is 14.3. The molecule has 1 aliphatic heterocycles. The van der Waals surface area contributed by atoms with Gasteiger partial charge in [-0.1, -0.05) is 19.1 Å². The largest absolute Gasteiger partial charge is 0.355 e. The molecule has 2 N–H and O–H groups in total. The molecule has 0 radical (unpaired) electrons.